The first kappa shape index (κ1) is 14.4. The molecule has 0 fully saturated rings. The van der Waals surface area contributed by atoms with Crippen LogP contribution in [0.5, 0.6) is 0 Å². The van der Waals surface area contributed by atoms with Gasteiger partial charge in [-0.15, -0.1) is 0 Å². The molecule has 0 aromatic heterocycles. The van der Waals surface area contributed by atoms with Crippen LogP contribution in [-0.4, -0.2) is 24.9 Å². The average Bonchev–Trinajstić information content (AvgIpc) is 2.31. The van der Waals surface area contributed by atoms with Gasteiger partial charge in [-0.25, -0.2) is 8.78 Å². The normalized spacial score (nSPS) is 12.3. The first-order valence-electron chi connectivity index (χ1n) is 5.93. The standard InChI is InChI=1S/C13H18F2N2O/c1-3-16-12(18)8-10-4-6-11(7-5-10)17-9(2)13(14)15/h4-7,9,13,17H,3,8H2,1-2H3,(H,16,18). The third-order valence-corrected chi connectivity index (χ3v) is 2.46. The Bertz CT molecular complexity index is 379. The molecule has 1 amide bonds. The monoisotopic (exact) mass is 256 g/mol. The molecule has 18 heavy (non-hydrogen) atoms. The summed E-state index contributed by atoms with van der Waals surface area (Å²) in [7, 11) is 0. The topological polar surface area (TPSA) is 41.1 Å². The fraction of sp³-hybridized carbons (Fsp3) is 0.462. The van der Waals surface area contributed by atoms with E-state index in [1.165, 1.54) is 6.92 Å². The largest absolute Gasteiger partial charge is 0.377 e. The average molecular weight is 256 g/mol. The molecule has 100 valence electrons. The third-order valence-electron chi connectivity index (χ3n) is 2.46. The quantitative estimate of drug-likeness (QED) is 0.820. The van der Waals surface area contributed by atoms with E-state index in [1.807, 2.05) is 6.92 Å². The van der Waals surface area contributed by atoms with Crippen LogP contribution in [0.15, 0.2) is 24.3 Å². The number of alkyl halides is 2. The Morgan fingerprint density at radius 3 is 2.39 bits per heavy atom. The summed E-state index contributed by atoms with van der Waals surface area (Å²) in [5, 5.41) is 5.40. The van der Waals surface area contributed by atoms with Crippen LogP contribution in [0, 0.1) is 0 Å². The number of hydrogen-bond donors (Lipinski definition) is 2. The van der Waals surface area contributed by atoms with Gasteiger partial charge in [-0.05, 0) is 31.5 Å². The van der Waals surface area contributed by atoms with E-state index in [9.17, 15) is 13.6 Å². The second-order valence-corrected chi connectivity index (χ2v) is 4.09. The van der Waals surface area contributed by atoms with Gasteiger partial charge in [0.05, 0.1) is 12.5 Å². The minimum absolute atomic E-state index is 0.0424. The van der Waals surface area contributed by atoms with Crippen molar-refractivity contribution < 1.29 is 13.6 Å². The molecule has 1 aromatic rings. The molecule has 3 nitrogen and oxygen atoms in total. The molecular weight excluding hydrogens is 238 g/mol. The predicted molar refractivity (Wildman–Crippen MR) is 67.9 cm³/mol. The Balaban J connectivity index is 2.54. The summed E-state index contributed by atoms with van der Waals surface area (Å²) in [6.07, 6.45) is -2.10. The lowest BCUT2D eigenvalue weighted by atomic mass is 10.1. The van der Waals surface area contributed by atoms with Gasteiger partial charge in [0.15, 0.2) is 0 Å². The van der Waals surface area contributed by atoms with Crippen LogP contribution in [0.2, 0.25) is 0 Å². The lowest BCUT2D eigenvalue weighted by molar-refractivity contribution is -0.120. The van der Waals surface area contributed by atoms with Crippen molar-refractivity contribution in [1.29, 1.82) is 0 Å². The highest BCUT2D eigenvalue weighted by Crippen LogP contribution is 2.13. The Morgan fingerprint density at radius 2 is 1.89 bits per heavy atom. The van der Waals surface area contributed by atoms with Crippen molar-refractivity contribution in [1.82, 2.24) is 5.32 Å². The SMILES string of the molecule is CCNC(=O)Cc1ccc(NC(C)C(F)F)cc1. The number of amides is 1. The molecule has 1 rings (SSSR count). The van der Waals surface area contributed by atoms with Gasteiger partial charge < -0.3 is 10.6 Å². The van der Waals surface area contributed by atoms with Gasteiger partial charge in [0.25, 0.3) is 6.43 Å². The van der Waals surface area contributed by atoms with E-state index in [-0.39, 0.29) is 5.91 Å². The third kappa shape index (κ3) is 4.69. The van der Waals surface area contributed by atoms with Crippen molar-refractivity contribution >= 4 is 11.6 Å². The van der Waals surface area contributed by atoms with Crippen molar-refractivity contribution in [2.45, 2.75) is 32.7 Å². The summed E-state index contributed by atoms with van der Waals surface area (Å²) in [4.78, 5) is 11.3. The number of hydrogen-bond acceptors (Lipinski definition) is 2. The molecule has 0 aliphatic heterocycles. The van der Waals surface area contributed by atoms with E-state index in [2.05, 4.69) is 10.6 Å². The van der Waals surface area contributed by atoms with Gasteiger partial charge >= 0.3 is 0 Å². The zero-order valence-electron chi connectivity index (χ0n) is 10.5. The van der Waals surface area contributed by atoms with E-state index < -0.39 is 12.5 Å². The smallest absolute Gasteiger partial charge is 0.258 e. The molecule has 0 heterocycles. The number of likely N-dealkylation sites (N-methyl/N-ethyl adjacent to an activating group) is 1. The highest BCUT2D eigenvalue weighted by Gasteiger charge is 2.13. The molecule has 0 spiro atoms. The first-order chi connectivity index (χ1) is 8.52. The Morgan fingerprint density at radius 1 is 1.28 bits per heavy atom. The van der Waals surface area contributed by atoms with Gasteiger partial charge in [-0.3, -0.25) is 4.79 Å². The summed E-state index contributed by atoms with van der Waals surface area (Å²) in [6.45, 7) is 3.88. The van der Waals surface area contributed by atoms with Crippen molar-refractivity contribution in [3.05, 3.63) is 29.8 Å². The lowest BCUT2D eigenvalue weighted by Crippen LogP contribution is -2.24. The van der Waals surface area contributed by atoms with Gasteiger partial charge in [-0.1, -0.05) is 12.1 Å². The van der Waals surface area contributed by atoms with Crippen LogP contribution in [0.1, 0.15) is 19.4 Å². The van der Waals surface area contributed by atoms with E-state index in [0.717, 1.165) is 5.56 Å². The van der Waals surface area contributed by atoms with E-state index in [4.69, 9.17) is 0 Å². The number of benzene rings is 1. The fourth-order valence-corrected chi connectivity index (χ4v) is 1.49. The van der Waals surface area contributed by atoms with Crippen LogP contribution >= 0.6 is 0 Å². The van der Waals surface area contributed by atoms with Crippen LogP contribution in [0.25, 0.3) is 0 Å². The Kier molecular flexibility index (Phi) is 5.55. The number of halogens is 2. The fourth-order valence-electron chi connectivity index (χ4n) is 1.49. The summed E-state index contributed by atoms with van der Waals surface area (Å²) >= 11 is 0. The minimum Gasteiger partial charge on any atom is -0.377 e. The molecule has 0 saturated carbocycles. The lowest BCUT2D eigenvalue weighted by Gasteiger charge is -2.14. The zero-order chi connectivity index (χ0) is 13.5. The maximum atomic E-state index is 12.3. The van der Waals surface area contributed by atoms with E-state index in [1.54, 1.807) is 24.3 Å². The van der Waals surface area contributed by atoms with E-state index >= 15 is 0 Å². The molecule has 0 saturated heterocycles. The van der Waals surface area contributed by atoms with Gasteiger partial charge in [0, 0.05) is 12.2 Å². The second-order valence-electron chi connectivity index (χ2n) is 4.09. The maximum absolute atomic E-state index is 12.3. The number of nitrogens with one attached hydrogen (secondary N) is 2. The number of anilines is 1. The molecule has 5 heteroatoms. The molecule has 0 radical (unpaired) electrons. The zero-order valence-corrected chi connectivity index (χ0v) is 10.5. The molecule has 0 aliphatic rings. The summed E-state index contributed by atoms with van der Waals surface area (Å²) in [5.74, 6) is -0.0424. The molecule has 1 atom stereocenters. The molecular formula is C13H18F2N2O. The Hall–Kier alpha value is -1.65. The van der Waals surface area contributed by atoms with Crippen molar-refractivity contribution in [2.75, 3.05) is 11.9 Å². The maximum Gasteiger partial charge on any atom is 0.258 e. The number of rotatable bonds is 6. The highest BCUT2D eigenvalue weighted by molar-refractivity contribution is 5.78. The van der Waals surface area contributed by atoms with Crippen LogP contribution < -0.4 is 10.6 Å². The summed E-state index contributed by atoms with van der Waals surface area (Å²) in [6, 6.07) is 6.03. The predicted octanol–water partition coefficient (Wildman–Crippen LogP) is 2.43. The van der Waals surface area contributed by atoms with Crippen molar-refractivity contribution in [3.8, 4) is 0 Å². The summed E-state index contributed by atoms with van der Waals surface area (Å²) < 4.78 is 24.7. The van der Waals surface area contributed by atoms with Crippen LogP contribution in [-0.2, 0) is 11.2 Å². The van der Waals surface area contributed by atoms with Gasteiger partial charge in [0.1, 0.15) is 0 Å². The van der Waals surface area contributed by atoms with Crippen LogP contribution in [0.3, 0.4) is 0 Å². The Labute approximate surface area is 106 Å². The highest BCUT2D eigenvalue weighted by atomic mass is 19.3. The minimum atomic E-state index is -2.40. The second kappa shape index (κ2) is 6.93. The van der Waals surface area contributed by atoms with Gasteiger partial charge in [0.2, 0.25) is 5.91 Å². The van der Waals surface area contributed by atoms with Crippen molar-refractivity contribution in [3.63, 3.8) is 0 Å². The molecule has 2 N–H and O–H groups in total. The van der Waals surface area contributed by atoms with E-state index in [0.29, 0.717) is 18.7 Å². The summed E-state index contributed by atoms with van der Waals surface area (Å²) in [5.41, 5.74) is 1.48. The first-order valence-corrected chi connectivity index (χ1v) is 5.93. The molecule has 1 aromatic carbocycles. The molecule has 1 unspecified atom stereocenters. The molecule has 0 bridgehead atoms. The van der Waals surface area contributed by atoms with Crippen LogP contribution in [0.4, 0.5) is 14.5 Å². The van der Waals surface area contributed by atoms with Crippen molar-refractivity contribution in [2.24, 2.45) is 0 Å². The molecule has 0 aliphatic carbocycles. The number of carbonyl (C=O) groups excluding carboxylic acids is 1. The van der Waals surface area contributed by atoms with Gasteiger partial charge in [-0.2, -0.15) is 0 Å². The number of carbonyl (C=O) groups is 1.